The van der Waals surface area contributed by atoms with Gasteiger partial charge in [-0.25, -0.2) is 4.79 Å². The van der Waals surface area contributed by atoms with E-state index < -0.39 is 18.0 Å². The van der Waals surface area contributed by atoms with Crippen LogP contribution in [0.2, 0.25) is 0 Å². The summed E-state index contributed by atoms with van der Waals surface area (Å²) < 4.78 is 4.60. The van der Waals surface area contributed by atoms with Crippen molar-refractivity contribution in [3.05, 3.63) is 23.8 Å². The molecule has 1 rings (SSSR count). The number of esters is 1. The monoisotopic (exact) mass is 240 g/mol. The molecule has 1 aromatic carbocycles. The number of hydrogen-bond acceptors (Lipinski definition) is 5. The third kappa shape index (κ3) is 3.67. The predicted octanol–water partition coefficient (Wildman–Crippen LogP) is 0.657. The van der Waals surface area contributed by atoms with Crippen LogP contribution in [-0.2, 0) is 20.7 Å². The van der Waals surface area contributed by atoms with Crippen molar-refractivity contribution in [2.24, 2.45) is 0 Å². The average Bonchev–Trinajstić information content (AvgIpc) is 2.21. The lowest BCUT2D eigenvalue weighted by Gasteiger charge is -2.12. The zero-order valence-corrected chi connectivity index (χ0v) is 9.08. The first-order chi connectivity index (χ1) is 7.90. The van der Waals surface area contributed by atoms with Gasteiger partial charge in [0.25, 0.3) is 0 Å². The Morgan fingerprint density at radius 2 is 1.94 bits per heavy atom. The quantitative estimate of drug-likeness (QED) is 0.527. The van der Waals surface area contributed by atoms with E-state index in [1.54, 1.807) is 0 Å². The van der Waals surface area contributed by atoms with Gasteiger partial charge >= 0.3 is 11.9 Å². The second-order valence-electron chi connectivity index (χ2n) is 3.46. The van der Waals surface area contributed by atoms with Crippen molar-refractivity contribution in [1.82, 2.24) is 0 Å². The van der Waals surface area contributed by atoms with Crippen LogP contribution < -0.4 is 0 Å². The molecule has 0 radical (unpaired) electrons. The molecular formula is C11H12O6. The SMILES string of the molecule is CC(=O)OC(Cc1ccc(O)c(O)c1)C(=O)O. The highest BCUT2D eigenvalue weighted by molar-refractivity contribution is 5.77. The van der Waals surface area contributed by atoms with E-state index in [2.05, 4.69) is 4.74 Å². The van der Waals surface area contributed by atoms with Gasteiger partial charge in [0, 0.05) is 13.3 Å². The van der Waals surface area contributed by atoms with E-state index >= 15 is 0 Å². The van der Waals surface area contributed by atoms with Crippen molar-refractivity contribution >= 4 is 11.9 Å². The average molecular weight is 240 g/mol. The number of phenolic OH excluding ortho intramolecular Hbond substituents is 2. The molecule has 0 saturated heterocycles. The molecule has 0 aliphatic rings. The molecule has 0 saturated carbocycles. The van der Waals surface area contributed by atoms with Crippen LogP contribution in [0, 0.1) is 0 Å². The van der Waals surface area contributed by atoms with Crippen LogP contribution in [0.15, 0.2) is 18.2 Å². The molecular weight excluding hydrogens is 228 g/mol. The van der Waals surface area contributed by atoms with Crippen LogP contribution in [0.5, 0.6) is 11.5 Å². The van der Waals surface area contributed by atoms with Gasteiger partial charge in [-0.15, -0.1) is 0 Å². The normalized spacial score (nSPS) is 11.8. The van der Waals surface area contributed by atoms with Crippen LogP contribution >= 0.6 is 0 Å². The topological polar surface area (TPSA) is 104 Å². The number of hydrogen-bond donors (Lipinski definition) is 3. The summed E-state index contributed by atoms with van der Waals surface area (Å²) in [4.78, 5) is 21.5. The smallest absolute Gasteiger partial charge is 0.345 e. The fourth-order valence-corrected chi connectivity index (χ4v) is 1.29. The second kappa shape index (κ2) is 5.20. The molecule has 17 heavy (non-hydrogen) atoms. The fraction of sp³-hybridized carbons (Fsp3) is 0.273. The molecule has 1 unspecified atom stereocenters. The molecule has 1 atom stereocenters. The van der Waals surface area contributed by atoms with Gasteiger partial charge < -0.3 is 20.1 Å². The zero-order valence-electron chi connectivity index (χ0n) is 9.08. The van der Waals surface area contributed by atoms with E-state index in [4.69, 9.17) is 10.2 Å². The van der Waals surface area contributed by atoms with E-state index in [0.717, 1.165) is 6.92 Å². The Hall–Kier alpha value is -2.24. The number of rotatable bonds is 4. The van der Waals surface area contributed by atoms with Crippen LogP contribution in [0.3, 0.4) is 0 Å². The van der Waals surface area contributed by atoms with Gasteiger partial charge in [-0.3, -0.25) is 4.79 Å². The number of carbonyl (C=O) groups excluding carboxylic acids is 1. The largest absolute Gasteiger partial charge is 0.504 e. The number of carboxylic acids is 1. The summed E-state index contributed by atoms with van der Waals surface area (Å²) in [6, 6.07) is 3.89. The summed E-state index contributed by atoms with van der Waals surface area (Å²) >= 11 is 0. The van der Waals surface area contributed by atoms with Gasteiger partial charge in [0.05, 0.1) is 0 Å². The fourth-order valence-electron chi connectivity index (χ4n) is 1.29. The molecule has 0 amide bonds. The van der Waals surface area contributed by atoms with Gasteiger partial charge in [0.2, 0.25) is 6.10 Å². The number of ether oxygens (including phenoxy) is 1. The van der Waals surface area contributed by atoms with E-state index in [1.165, 1.54) is 18.2 Å². The molecule has 0 aliphatic heterocycles. The van der Waals surface area contributed by atoms with E-state index in [9.17, 15) is 14.7 Å². The lowest BCUT2D eigenvalue weighted by molar-refractivity contribution is -0.162. The molecule has 1 aromatic rings. The number of benzene rings is 1. The number of carbonyl (C=O) groups is 2. The first kappa shape index (κ1) is 12.8. The van der Waals surface area contributed by atoms with Crippen LogP contribution in [0.25, 0.3) is 0 Å². The minimum atomic E-state index is -1.31. The summed E-state index contributed by atoms with van der Waals surface area (Å²) in [6.07, 6.45) is -1.39. The molecule has 6 heteroatoms. The maximum absolute atomic E-state index is 10.8. The molecule has 0 bridgehead atoms. The lowest BCUT2D eigenvalue weighted by atomic mass is 10.1. The van der Waals surface area contributed by atoms with Crippen molar-refractivity contribution in [1.29, 1.82) is 0 Å². The predicted molar refractivity (Wildman–Crippen MR) is 56.7 cm³/mol. The Balaban J connectivity index is 2.82. The molecule has 0 aliphatic carbocycles. The molecule has 3 N–H and O–H groups in total. The Morgan fingerprint density at radius 1 is 1.29 bits per heavy atom. The van der Waals surface area contributed by atoms with Crippen molar-refractivity contribution in [2.45, 2.75) is 19.4 Å². The first-order valence-corrected chi connectivity index (χ1v) is 4.81. The number of carboxylic acid groups (broad SMARTS) is 1. The number of aliphatic carboxylic acids is 1. The van der Waals surface area contributed by atoms with Crippen LogP contribution in [-0.4, -0.2) is 33.4 Å². The van der Waals surface area contributed by atoms with E-state index in [1.807, 2.05) is 0 Å². The van der Waals surface area contributed by atoms with Gasteiger partial charge in [0.15, 0.2) is 11.5 Å². The Kier molecular flexibility index (Phi) is 3.92. The van der Waals surface area contributed by atoms with Gasteiger partial charge in [-0.1, -0.05) is 6.07 Å². The van der Waals surface area contributed by atoms with Crippen LogP contribution in [0.4, 0.5) is 0 Å². The Morgan fingerprint density at radius 3 is 2.41 bits per heavy atom. The minimum absolute atomic E-state index is 0.0806. The van der Waals surface area contributed by atoms with Gasteiger partial charge in [-0.05, 0) is 17.7 Å². The van der Waals surface area contributed by atoms with Crippen molar-refractivity contribution < 1.29 is 29.6 Å². The Bertz CT molecular complexity index is 440. The summed E-state index contributed by atoms with van der Waals surface area (Å²) in [5.74, 6) is -2.62. The van der Waals surface area contributed by atoms with Gasteiger partial charge in [-0.2, -0.15) is 0 Å². The third-order valence-corrected chi connectivity index (χ3v) is 2.04. The summed E-state index contributed by atoms with van der Waals surface area (Å²) in [6.45, 7) is 1.12. The highest BCUT2D eigenvalue weighted by atomic mass is 16.6. The van der Waals surface area contributed by atoms with Crippen molar-refractivity contribution in [2.75, 3.05) is 0 Å². The molecule has 92 valence electrons. The number of phenols is 2. The van der Waals surface area contributed by atoms with Crippen molar-refractivity contribution in [3.8, 4) is 11.5 Å². The first-order valence-electron chi connectivity index (χ1n) is 4.81. The zero-order chi connectivity index (χ0) is 13.0. The third-order valence-electron chi connectivity index (χ3n) is 2.04. The second-order valence-corrected chi connectivity index (χ2v) is 3.46. The maximum Gasteiger partial charge on any atom is 0.345 e. The Labute approximate surface area is 97.1 Å². The maximum atomic E-state index is 10.8. The summed E-state index contributed by atoms with van der Waals surface area (Å²) in [7, 11) is 0. The lowest BCUT2D eigenvalue weighted by Crippen LogP contribution is -2.28. The van der Waals surface area contributed by atoms with Gasteiger partial charge in [0.1, 0.15) is 0 Å². The molecule has 0 aromatic heterocycles. The van der Waals surface area contributed by atoms with E-state index in [-0.39, 0.29) is 17.9 Å². The van der Waals surface area contributed by atoms with E-state index in [0.29, 0.717) is 5.56 Å². The highest BCUT2D eigenvalue weighted by Gasteiger charge is 2.21. The molecule has 0 heterocycles. The summed E-state index contributed by atoms with van der Waals surface area (Å²) in [5.41, 5.74) is 0.439. The summed E-state index contributed by atoms with van der Waals surface area (Å²) in [5, 5.41) is 27.1. The van der Waals surface area contributed by atoms with Crippen molar-refractivity contribution in [3.63, 3.8) is 0 Å². The number of aromatic hydroxyl groups is 2. The minimum Gasteiger partial charge on any atom is -0.504 e. The molecule has 0 spiro atoms. The van der Waals surface area contributed by atoms with Crippen LogP contribution in [0.1, 0.15) is 12.5 Å². The highest BCUT2D eigenvalue weighted by Crippen LogP contribution is 2.25. The standard InChI is InChI=1S/C11H12O6/c1-6(12)17-10(11(15)16)5-7-2-3-8(13)9(14)4-7/h2-4,10,13-14H,5H2,1H3,(H,15,16). The molecule has 6 nitrogen and oxygen atoms in total. The molecule has 0 fully saturated rings.